The molecule has 15 heteroatoms. The zero-order valence-electron chi connectivity index (χ0n) is 25.2. The molecule has 0 aromatic carbocycles. The van der Waals surface area contributed by atoms with Crippen LogP contribution in [0.25, 0.3) is 51.6 Å². The summed E-state index contributed by atoms with van der Waals surface area (Å²) in [7, 11) is 0. The number of allylic oxidation sites excluding steroid dienone is 8. The largest absolute Gasteiger partial charge is 0.304 e. The highest BCUT2D eigenvalue weighted by Gasteiger charge is 2.53. The third kappa shape index (κ3) is 4.80. The Hall–Kier alpha value is -6.09. The van der Waals surface area contributed by atoms with Gasteiger partial charge in [-0.3, -0.25) is 0 Å². The van der Waals surface area contributed by atoms with Gasteiger partial charge in [-0.2, -0.15) is 54.4 Å². The zero-order valence-corrected chi connectivity index (χ0v) is 28.4. The van der Waals surface area contributed by atoms with Gasteiger partial charge in [0, 0.05) is 61.8 Å². The number of hydrogen-bond acceptors (Lipinski definition) is 11. The van der Waals surface area contributed by atoms with Crippen LogP contribution in [0.2, 0.25) is 0 Å². The molecule has 0 amide bonds. The van der Waals surface area contributed by atoms with Gasteiger partial charge in [-0.05, 0) is 49.2 Å². The van der Waals surface area contributed by atoms with E-state index in [2.05, 4.69) is 0 Å². The molecule has 0 spiro atoms. The fourth-order valence-corrected chi connectivity index (χ4v) is 11.1. The summed E-state index contributed by atoms with van der Waals surface area (Å²) < 4.78 is 61.9. The van der Waals surface area contributed by atoms with E-state index in [-0.39, 0.29) is 20.9 Å². The Morgan fingerprint density at radius 3 is 1.34 bits per heavy atom. The lowest BCUT2D eigenvalue weighted by Crippen LogP contribution is -2.16. The fourth-order valence-electron chi connectivity index (χ4n) is 5.82. The molecule has 0 N–H and O–H groups in total. The minimum absolute atomic E-state index is 0.0401. The summed E-state index contributed by atoms with van der Waals surface area (Å²) in [5, 5.41) is 65.9. The van der Waals surface area contributed by atoms with Gasteiger partial charge in [0.05, 0.1) is 22.8 Å². The van der Waals surface area contributed by atoms with E-state index in [1.165, 1.54) is 59.1 Å². The van der Waals surface area contributed by atoms with E-state index in [0.717, 1.165) is 54.5 Å². The van der Waals surface area contributed by atoms with Crippen molar-refractivity contribution < 1.29 is 17.6 Å². The highest BCUT2D eigenvalue weighted by atomic mass is 32.1. The topological polar surface area (TPSA) is 167 Å². The van der Waals surface area contributed by atoms with Crippen LogP contribution < -0.4 is 0 Å². The molecule has 4 aromatic heterocycles. The molecular formula is C35H11F4N7S4. The van der Waals surface area contributed by atoms with Crippen LogP contribution in [0, 0.1) is 93.2 Å². The molecule has 0 aliphatic heterocycles. The first-order valence-corrected chi connectivity index (χ1v) is 17.1. The number of aryl methyl sites for hydroxylation is 2. The monoisotopic (exact) mass is 733 g/mol. The van der Waals surface area contributed by atoms with Gasteiger partial charge >= 0.3 is 11.8 Å². The van der Waals surface area contributed by atoms with E-state index >= 15 is 17.6 Å². The highest BCUT2D eigenvalue weighted by molar-refractivity contribution is 7.29. The van der Waals surface area contributed by atoms with Crippen LogP contribution in [-0.4, -0.2) is 11.8 Å². The van der Waals surface area contributed by atoms with Gasteiger partial charge in [-0.1, -0.05) is 0 Å². The van der Waals surface area contributed by atoms with Crippen LogP contribution in [0.1, 0.15) is 32.0 Å². The Morgan fingerprint density at radius 2 is 0.900 bits per heavy atom. The van der Waals surface area contributed by atoms with Crippen LogP contribution in [0.15, 0.2) is 47.1 Å². The van der Waals surface area contributed by atoms with Gasteiger partial charge in [0.25, 0.3) is 0 Å². The molecule has 238 valence electrons. The van der Waals surface area contributed by atoms with E-state index in [0.29, 0.717) is 14.6 Å². The van der Waals surface area contributed by atoms with Gasteiger partial charge < -0.3 is 0 Å². The Bertz CT molecular complexity index is 2540. The highest BCUT2D eigenvalue weighted by Crippen LogP contribution is 2.60. The van der Waals surface area contributed by atoms with Gasteiger partial charge in [0.15, 0.2) is 0 Å². The lowest BCUT2D eigenvalue weighted by Gasteiger charge is -2.14. The quantitative estimate of drug-likeness (QED) is 0.149. The first-order valence-electron chi connectivity index (χ1n) is 13.8. The number of nitrogens with zero attached hydrogens (tertiary/aromatic N) is 7. The minimum atomic E-state index is -3.91. The first-order chi connectivity index (χ1) is 23.8. The van der Waals surface area contributed by atoms with Crippen molar-refractivity contribution in [3.05, 3.63) is 79.1 Å². The van der Waals surface area contributed by atoms with E-state index < -0.39 is 50.9 Å². The Morgan fingerprint density at radius 1 is 0.520 bits per heavy atom. The van der Waals surface area contributed by atoms with Crippen LogP contribution >= 0.6 is 45.3 Å². The van der Waals surface area contributed by atoms with Crippen molar-refractivity contribution in [3.63, 3.8) is 0 Å². The summed E-state index contributed by atoms with van der Waals surface area (Å²) in [6.07, 6.45) is 0.722. The first kappa shape index (κ1) is 33.8. The zero-order chi connectivity index (χ0) is 36.3. The second kappa shape index (κ2) is 12.1. The molecule has 4 heterocycles. The molecule has 0 fully saturated rings. The maximum Gasteiger partial charge on any atom is 0.304 e. The summed E-state index contributed by atoms with van der Waals surface area (Å²) in [6, 6.07) is 17.5. The van der Waals surface area contributed by atoms with E-state index in [4.69, 9.17) is 0 Å². The van der Waals surface area contributed by atoms with Crippen molar-refractivity contribution in [1.29, 1.82) is 36.8 Å². The average molecular weight is 734 g/mol. The number of hydrogen-bond donors (Lipinski definition) is 0. The van der Waals surface area contributed by atoms with Gasteiger partial charge in [0.1, 0.15) is 53.1 Å². The summed E-state index contributed by atoms with van der Waals surface area (Å²) >= 11 is 4.62. The Kier molecular flexibility index (Phi) is 8.18. The predicted octanol–water partition coefficient (Wildman–Crippen LogP) is 10.2. The molecule has 0 bridgehead atoms. The lowest BCUT2D eigenvalue weighted by atomic mass is 9.99. The molecular weight excluding hydrogens is 723 g/mol. The van der Waals surface area contributed by atoms with Crippen molar-refractivity contribution in [1.82, 2.24) is 0 Å². The number of nitriles is 7. The predicted molar refractivity (Wildman–Crippen MR) is 182 cm³/mol. The number of fused-ring (bicyclic) bond motifs is 2. The van der Waals surface area contributed by atoms with Crippen molar-refractivity contribution >= 4 is 67.6 Å². The van der Waals surface area contributed by atoms with Crippen LogP contribution in [0.4, 0.5) is 17.6 Å². The van der Waals surface area contributed by atoms with Crippen molar-refractivity contribution in [2.24, 2.45) is 0 Å². The third-order valence-corrected chi connectivity index (χ3v) is 13.2. The number of alkyl halides is 4. The normalized spacial score (nSPS) is 15.5. The molecule has 2 aliphatic carbocycles. The second-order valence-corrected chi connectivity index (χ2v) is 14.9. The average Bonchev–Trinajstić information content (AvgIpc) is 3.91. The molecule has 6 rings (SSSR count). The number of thiophene rings is 4. The van der Waals surface area contributed by atoms with Crippen molar-refractivity contribution in [3.8, 4) is 71.7 Å². The third-order valence-electron chi connectivity index (χ3n) is 7.91. The molecule has 0 saturated carbocycles. The Balaban J connectivity index is 1.45. The second-order valence-electron chi connectivity index (χ2n) is 10.7. The summed E-state index contributed by atoms with van der Waals surface area (Å²) in [6.45, 7) is 3.66. The van der Waals surface area contributed by atoms with Crippen molar-refractivity contribution in [2.75, 3.05) is 0 Å². The molecule has 50 heavy (non-hydrogen) atoms. The minimum Gasteiger partial charge on any atom is -0.196 e. The van der Waals surface area contributed by atoms with Gasteiger partial charge in [-0.25, -0.2) is 0 Å². The molecule has 0 saturated heterocycles. The SMILES string of the molecule is Cc1cc(-c2cc(C)c(-c3cc4c(s3)C(=C(C#N)C#N)C(F)(F)/C4=C/C#N)s2)sc1-c1cc2c(s1)C(=C(C#N)C#N)C(F)(F)C2=C(C#N)C#N. The summed E-state index contributed by atoms with van der Waals surface area (Å²) in [5.74, 6) is -7.61. The smallest absolute Gasteiger partial charge is 0.196 e. The van der Waals surface area contributed by atoms with Gasteiger partial charge in [0.2, 0.25) is 0 Å². The lowest BCUT2D eigenvalue weighted by molar-refractivity contribution is 0.138. The summed E-state index contributed by atoms with van der Waals surface area (Å²) in [4.78, 5) is 4.11. The molecule has 0 atom stereocenters. The molecule has 0 radical (unpaired) electrons. The van der Waals surface area contributed by atoms with Crippen LogP contribution in [0.3, 0.4) is 0 Å². The standard InChI is InChI=1S/C35H11F4N7S4/c1-15-5-23(47-30(15)25-7-20-22(3-4-40)34(36,37)28(32(20)49-25)18(11-43)12-44)24-6-16(2)31(48-24)26-8-21-27(17(9-41)10-42)35(38,39)29(33(21)50-26)19(13-45)14-46/h3,5-8H,1-2H3/b22-3+. The van der Waals surface area contributed by atoms with Crippen LogP contribution in [-0.2, 0) is 0 Å². The maximum absolute atomic E-state index is 15.6. The number of halogens is 4. The molecule has 0 unspecified atom stereocenters. The van der Waals surface area contributed by atoms with E-state index in [1.807, 2.05) is 26.0 Å². The van der Waals surface area contributed by atoms with Crippen LogP contribution in [0.5, 0.6) is 0 Å². The van der Waals surface area contributed by atoms with Crippen molar-refractivity contribution in [2.45, 2.75) is 25.7 Å². The Labute approximate surface area is 297 Å². The molecule has 4 aromatic rings. The molecule has 2 aliphatic rings. The molecule has 7 nitrogen and oxygen atoms in total. The van der Waals surface area contributed by atoms with E-state index in [1.54, 1.807) is 18.2 Å². The van der Waals surface area contributed by atoms with E-state index in [9.17, 15) is 36.8 Å². The fraction of sp³-hybridized carbons (Fsp3) is 0.114. The number of rotatable bonds is 3. The maximum atomic E-state index is 15.6. The van der Waals surface area contributed by atoms with Gasteiger partial charge in [-0.15, -0.1) is 45.3 Å². The summed E-state index contributed by atoms with van der Waals surface area (Å²) in [5.41, 5.74) is -3.84.